The third kappa shape index (κ3) is 4.52. The second kappa shape index (κ2) is 8.87. The summed E-state index contributed by atoms with van der Waals surface area (Å²) in [6, 6.07) is 3.06. The van der Waals surface area contributed by atoms with Gasteiger partial charge in [-0.15, -0.1) is 0 Å². The van der Waals surface area contributed by atoms with Crippen molar-refractivity contribution >= 4 is 39.3 Å². The quantitative estimate of drug-likeness (QED) is 0.530. The number of sulfonamides is 1. The van der Waals surface area contributed by atoms with E-state index >= 15 is 0 Å². The predicted molar refractivity (Wildman–Crippen MR) is 128 cm³/mol. The van der Waals surface area contributed by atoms with Crippen LogP contribution in [0.1, 0.15) is 64.9 Å². The number of amides is 2. The van der Waals surface area contributed by atoms with E-state index in [0.29, 0.717) is 42.5 Å². The minimum absolute atomic E-state index is 0.120. The van der Waals surface area contributed by atoms with Crippen molar-refractivity contribution in [2.45, 2.75) is 62.9 Å². The second-order valence-electron chi connectivity index (χ2n) is 9.16. The Morgan fingerprint density at radius 2 is 1.56 bits per heavy atom. The molecule has 34 heavy (non-hydrogen) atoms. The first-order valence-corrected chi connectivity index (χ1v) is 12.9. The van der Waals surface area contributed by atoms with Crippen LogP contribution in [0, 0.1) is 0 Å². The largest absolute Gasteiger partial charge is 0.465 e. The van der Waals surface area contributed by atoms with Gasteiger partial charge in [0.15, 0.2) is 0 Å². The molecule has 0 fully saturated rings. The fourth-order valence-electron chi connectivity index (χ4n) is 4.85. The number of aliphatic hydroxyl groups is 1. The Kier molecular flexibility index (Phi) is 6.39. The fraction of sp³-hybridized carbons (Fsp3) is 0.417. The van der Waals surface area contributed by atoms with Gasteiger partial charge in [-0.2, -0.15) is 0 Å². The van der Waals surface area contributed by atoms with Gasteiger partial charge >= 0.3 is 12.0 Å². The van der Waals surface area contributed by atoms with E-state index in [1.807, 2.05) is 4.72 Å². The van der Waals surface area contributed by atoms with Crippen molar-refractivity contribution in [2.75, 3.05) is 12.4 Å². The number of halogens is 1. The molecule has 3 N–H and O–H groups in total. The molecule has 8 nitrogen and oxygen atoms in total. The molecule has 0 spiro atoms. The van der Waals surface area contributed by atoms with Crippen molar-refractivity contribution in [3.63, 3.8) is 0 Å². The lowest BCUT2D eigenvalue weighted by Gasteiger charge is -2.20. The van der Waals surface area contributed by atoms with Crippen molar-refractivity contribution in [2.24, 2.45) is 0 Å². The van der Waals surface area contributed by atoms with E-state index in [0.717, 1.165) is 35.1 Å². The molecule has 2 aliphatic carbocycles. The summed E-state index contributed by atoms with van der Waals surface area (Å²) in [6.45, 7) is 3.02. The predicted octanol–water partition coefficient (Wildman–Crippen LogP) is 3.84. The summed E-state index contributed by atoms with van der Waals surface area (Å²) in [4.78, 5) is 25.1. The summed E-state index contributed by atoms with van der Waals surface area (Å²) in [5.74, 6) is -0.376. The minimum atomic E-state index is -4.27. The summed E-state index contributed by atoms with van der Waals surface area (Å²) in [5.41, 5.74) is 3.63. The number of benzene rings is 2. The highest BCUT2D eigenvalue weighted by atomic mass is 35.5. The van der Waals surface area contributed by atoms with Crippen LogP contribution in [0.3, 0.4) is 0 Å². The minimum Gasteiger partial charge on any atom is -0.465 e. The molecule has 182 valence electrons. The molecule has 0 heterocycles. The smallest absolute Gasteiger partial charge is 0.338 e. The van der Waals surface area contributed by atoms with E-state index in [1.165, 1.54) is 39.2 Å². The van der Waals surface area contributed by atoms with Gasteiger partial charge in [0.25, 0.3) is 10.0 Å². The zero-order valence-corrected chi connectivity index (χ0v) is 20.8. The van der Waals surface area contributed by atoms with E-state index in [9.17, 15) is 23.1 Å². The zero-order chi connectivity index (χ0) is 24.8. The van der Waals surface area contributed by atoms with E-state index in [4.69, 9.17) is 16.3 Å². The standard InChI is InChI=1S/C24H27ClN2O6S/c1-24(2,30)13-10-14(25)12-15(11-13)34(31,32)27-23(29)26-21-18-8-4-6-16(18)20(22(28)33-3)17-7-5-9-19(17)21/h10-12,30H,4-9H2,1-3H3,(H2,26,27,29). The molecule has 10 heteroatoms. The number of carbonyl (C=O) groups excluding carboxylic acids is 2. The number of carbonyl (C=O) groups is 2. The van der Waals surface area contributed by atoms with Crippen molar-refractivity contribution < 1.29 is 27.9 Å². The van der Waals surface area contributed by atoms with Crippen LogP contribution in [0.25, 0.3) is 0 Å². The average molecular weight is 507 g/mol. The molecule has 0 radical (unpaired) electrons. The van der Waals surface area contributed by atoms with Gasteiger partial charge in [-0.05, 0) is 98.4 Å². The van der Waals surface area contributed by atoms with Crippen LogP contribution in [-0.4, -0.2) is 32.6 Å². The second-order valence-corrected chi connectivity index (χ2v) is 11.3. The van der Waals surface area contributed by atoms with Crippen LogP contribution in [0.5, 0.6) is 0 Å². The van der Waals surface area contributed by atoms with Crippen LogP contribution >= 0.6 is 11.6 Å². The maximum atomic E-state index is 12.9. The first kappa shape index (κ1) is 24.5. The third-order valence-electron chi connectivity index (χ3n) is 6.39. The maximum absolute atomic E-state index is 12.9. The Hall–Kier alpha value is -2.62. The van der Waals surface area contributed by atoms with Gasteiger partial charge in [-0.3, -0.25) is 0 Å². The molecular weight excluding hydrogens is 480 g/mol. The number of anilines is 1. The third-order valence-corrected chi connectivity index (χ3v) is 7.91. The molecule has 4 rings (SSSR count). The lowest BCUT2D eigenvalue weighted by molar-refractivity contribution is 0.0598. The van der Waals surface area contributed by atoms with Gasteiger partial charge in [0.1, 0.15) is 0 Å². The van der Waals surface area contributed by atoms with Gasteiger partial charge in [-0.1, -0.05) is 11.6 Å². The molecule has 0 atom stereocenters. The number of rotatable bonds is 5. The van der Waals surface area contributed by atoms with Crippen molar-refractivity contribution in [1.82, 2.24) is 4.72 Å². The molecule has 0 aromatic heterocycles. The fourth-order valence-corrected chi connectivity index (χ4v) is 6.12. The molecule has 2 amide bonds. The molecule has 0 aliphatic heterocycles. The van der Waals surface area contributed by atoms with Gasteiger partial charge in [0.05, 0.1) is 23.2 Å². The highest BCUT2D eigenvalue weighted by Crippen LogP contribution is 2.42. The summed E-state index contributed by atoms with van der Waals surface area (Å²) in [6.07, 6.45) is 4.42. The van der Waals surface area contributed by atoms with Crippen LogP contribution in [0.2, 0.25) is 5.02 Å². The highest BCUT2D eigenvalue weighted by Gasteiger charge is 2.33. The number of methoxy groups -OCH3 is 1. The molecule has 2 aromatic rings. The lowest BCUT2D eigenvalue weighted by Crippen LogP contribution is -2.35. The number of nitrogens with one attached hydrogen (secondary N) is 2. The highest BCUT2D eigenvalue weighted by molar-refractivity contribution is 7.90. The number of fused-ring (bicyclic) bond motifs is 2. The summed E-state index contributed by atoms with van der Waals surface area (Å²) < 4.78 is 32.9. The average Bonchev–Trinajstić information content (AvgIpc) is 3.41. The topological polar surface area (TPSA) is 122 Å². The van der Waals surface area contributed by atoms with Crippen LogP contribution in [0.15, 0.2) is 23.1 Å². The van der Waals surface area contributed by atoms with Crippen LogP contribution in [-0.2, 0) is 46.0 Å². The van der Waals surface area contributed by atoms with Gasteiger partial charge in [0, 0.05) is 10.7 Å². The van der Waals surface area contributed by atoms with Crippen LogP contribution in [0.4, 0.5) is 10.5 Å². The van der Waals surface area contributed by atoms with E-state index in [-0.39, 0.29) is 15.9 Å². The van der Waals surface area contributed by atoms with Crippen LogP contribution < -0.4 is 10.0 Å². The molecule has 0 saturated carbocycles. The lowest BCUT2D eigenvalue weighted by atomic mass is 9.92. The molecular formula is C24H27ClN2O6S. The first-order valence-electron chi connectivity index (χ1n) is 11.1. The van der Waals surface area contributed by atoms with E-state index in [2.05, 4.69) is 5.32 Å². The Morgan fingerprint density at radius 1 is 1.00 bits per heavy atom. The Morgan fingerprint density at radius 3 is 2.09 bits per heavy atom. The normalized spacial score (nSPS) is 15.0. The number of urea groups is 1. The number of hydrogen-bond acceptors (Lipinski definition) is 6. The summed E-state index contributed by atoms with van der Waals surface area (Å²) in [5, 5.41) is 13.1. The molecule has 2 aliphatic rings. The molecule has 0 unspecified atom stereocenters. The molecule has 0 saturated heterocycles. The van der Waals surface area contributed by atoms with E-state index < -0.39 is 21.7 Å². The summed E-state index contributed by atoms with van der Waals surface area (Å²) in [7, 11) is -2.91. The number of hydrogen-bond donors (Lipinski definition) is 3. The Bertz CT molecular complexity index is 1260. The monoisotopic (exact) mass is 506 g/mol. The van der Waals surface area contributed by atoms with Gasteiger partial charge in [0.2, 0.25) is 0 Å². The SMILES string of the molecule is COC(=O)c1c2c(c(NC(=O)NS(=O)(=O)c3cc(Cl)cc(C(C)(C)O)c3)c3c1CCC3)CCC2. The van der Waals surface area contributed by atoms with Crippen molar-refractivity contribution in [3.8, 4) is 0 Å². The van der Waals surface area contributed by atoms with Crippen molar-refractivity contribution in [3.05, 3.63) is 56.6 Å². The molecule has 0 bridgehead atoms. The zero-order valence-electron chi connectivity index (χ0n) is 19.2. The van der Waals surface area contributed by atoms with Gasteiger partial charge < -0.3 is 15.2 Å². The summed E-state index contributed by atoms with van der Waals surface area (Å²) >= 11 is 6.07. The maximum Gasteiger partial charge on any atom is 0.338 e. The van der Waals surface area contributed by atoms with Gasteiger partial charge in [-0.25, -0.2) is 22.7 Å². The Labute approximate surface area is 203 Å². The van der Waals surface area contributed by atoms with E-state index in [1.54, 1.807) is 0 Å². The number of esters is 1. The Balaban J connectivity index is 1.66. The number of ether oxygens (including phenoxy) is 1. The first-order chi connectivity index (χ1) is 15.9. The molecule has 2 aromatic carbocycles. The van der Waals surface area contributed by atoms with Crippen molar-refractivity contribution in [1.29, 1.82) is 0 Å².